The van der Waals surface area contributed by atoms with Gasteiger partial charge in [0.05, 0.1) is 39.4 Å². The lowest BCUT2D eigenvalue weighted by Gasteiger charge is -2.24. The standard InChI is InChI=1S/C23H27N3O4/c1-15-13-17(30-4)8-9-18(15)21(27)19-20(16-7-5-10-24-14-16)26(23(29)22(19)28)12-6-11-25(2)3/h5,7-10,13-14,20,27H,6,11-12H2,1-4H3/p+2. The molecule has 0 spiro atoms. The zero-order chi connectivity index (χ0) is 21.8. The number of pyridine rings is 1. The molecule has 3 N–H and O–H groups in total. The quantitative estimate of drug-likeness (QED) is 0.401. The summed E-state index contributed by atoms with van der Waals surface area (Å²) in [7, 11) is 5.66. The number of amides is 1. The molecule has 3 rings (SSSR count). The van der Waals surface area contributed by atoms with E-state index in [0.29, 0.717) is 17.9 Å². The van der Waals surface area contributed by atoms with Crippen LogP contribution in [0, 0.1) is 6.92 Å². The average molecular weight is 412 g/mol. The molecule has 158 valence electrons. The number of aromatic amines is 1. The van der Waals surface area contributed by atoms with Crippen molar-refractivity contribution in [1.29, 1.82) is 0 Å². The predicted octanol–water partition coefficient (Wildman–Crippen LogP) is 0.774. The summed E-state index contributed by atoms with van der Waals surface area (Å²) >= 11 is 0. The van der Waals surface area contributed by atoms with Gasteiger partial charge in [0.15, 0.2) is 12.4 Å². The first-order valence-electron chi connectivity index (χ1n) is 10.0. The van der Waals surface area contributed by atoms with Crippen molar-refractivity contribution >= 4 is 17.4 Å². The van der Waals surface area contributed by atoms with Crippen LogP contribution in [0.15, 0.2) is 48.3 Å². The van der Waals surface area contributed by atoms with E-state index in [1.54, 1.807) is 42.6 Å². The Hall–Kier alpha value is -3.19. The molecule has 30 heavy (non-hydrogen) atoms. The summed E-state index contributed by atoms with van der Waals surface area (Å²) in [5, 5.41) is 11.1. The molecule has 2 heterocycles. The van der Waals surface area contributed by atoms with E-state index in [2.05, 4.69) is 4.98 Å². The van der Waals surface area contributed by atoms with Crippen LogP contribution in [0.2, 0.25) is 0 Å². The number of likely N-dealkylation sites (tertiary alicyclic amines) is 1. The number of nitrogens with one attached hydrogen (secondary N) is 2. The smallest absolute Gasteiger partial charge is 0.295 e. The minimum Gasteiger partial charge on any atom is -0.507 e. The van der Waals surface area contributed by atoms with Gasteiger partial charge in [-0.15, -0.1) is 0 Å². The highest BCUT2D eigenvalue weighted by Crippen LogP contribution is 2.39. The van der Waals surface area contributed by atoms with Crippen molar-refractivity contribution in [2.45, 2.75) is 19.4 Å². The number of H-pyrrole nitrogens is 1. The number of rotatable bonds is 7. The van der Waals surface area contributed by atoms with Crippen LogP contribution in [-0.2, 0) is 9.59 Å². The maximum Gasteiger partial charge on any atom is 0.295 e. The van der Waals surface area contributed by atoms with Crippen LogP contribution in [-0.4, -0.2) is 56.0 Å². The van der Waals surface area contributed by atoms with Crippen molar-refractivity contribution in [3.05, 3.63) is 65.0 Å². The number of methoxy groups -OCH3 is 1. The molecule has 1 aliphatic rings. The van der Waals surface area contributed by atoms with Gasteiger partial charge in [-0.25, -0.2) is 4.98 Å². The minimum atomic E-state index is -0.659. The van der Waals surface area contributed by atoms with Gasteiger partial charge in [-0.1, -0.05) is 0 Å². The summed E-state index contributed by atoms with van der Waals surface area (Å²) in [6, 6.07) is 8.25. The van der Waals surface area contributed by atoms with E-state index in [1.165, 1.54) is 4.90 Å². The van der Waals surface area contributed by atoms with Gasteiger partial charge >= 0.3 is 0 Å². The summed E-state index contributed by atoms with van der Waals surface area (Å²) in [5.74, 6) is -0.743. The second-order valence-corrected chi connectivity index (χ2v) is 7.82. The lowest BCUT2D eigenvalue weighted by atomic mass is 9.94. The van der Waals surface area contributed by atoms with Gasteiger partial charge in [0.1, 0.15) is 11.5 Å². The molecule has 1 aliphatic heterocycles. The zero-order valence-corrected chi connectivity index (χ0v) is 17.9. The molecule has 0 saturated carbocycles. The number of carbonyl (C=O) groups is 2. The number of hydrogen-bond donors (Lipinski definition) is 2. The molecule has 0 bridgehead atoms. The van der Waals surface area contributed by atoms with E-state index >= 15 is 0 Å². The molecule has 2 aromatic rings. The first-order valence-corrected chi connectivity index (χ1v) is 10.0. The van der Waals surface area contributed by atoms with Crippen molar-refractivity contribution in [1.82, 2.24) is 4.90 Å². The van der Waals surface area contributed by atoms with Crippen LogP contribution in [0.4, 0.5) is 0 Å². The number of aliphatic hydroxyl groups is 1. The van der Waals surface area contributed by atoms with Crippen molar-refractivity contribution in [3.8, 4) is 5.75 Å². The second kappa shape index (κ2) is 9.09. The number of nitrogens with zero attached hydrogens (tertiary/aromatic N) is 1. The summed E-state index contributed by atoms with van der Waals surface area (Å²) in [6.07, 6.45) is 4.28. The van der Waals surface area contributed by atoms with Crippen molar-refractivity contribution < 1.29 is 29.3 Å². The zero-order valence-electron chi connectivity index (χ0n) is 17.9. The fourth-order valence-corrected chi connectivity index (χ4v) is 3.81. The molecule has 1 saturated heterocycles. The molecular formula is C23H29N3O4+2. The summed E-state index contributed by atoms with van der Waals surface area (Å²) in [6.45, 7) is 3.14. The Kier molecular flexibility index (Phi) is 6.52. The molecule has 1 atom stereocenters. The second-order valence-electron chi connectivity index (χ2n) is 7.82. The van der Waals surface area contributed by atoms with Crippen LogP contribution in [0.5, 0.6) is 5.75 Å². The Morgan fingerprint density at radius 2 is 2.03 bits per heavy atom. The molecule has 1 amide bonds. The Bertz CT molecular complexity index is 970. The lowest BCUT2D eigenvalue weighted by molar-refractivity contribution is -0.858. The molecule has 1 aromatic carbocycles. The summed E-state index contributed by atoms with van der Waals surface area (Å²) in [4.78, 5) is 31.7. The topological polar surface area (TPSA) is 85.4 Å². The third-order valence-corrected chi connectivity index (χ3v) is 5.35. The first-order chi connectivity index (χ1) is 14.3. The number of ketones is 1. The summed E-state index contributed by atoms with van der Waals surface area (Å²) in [5.41, 5.74) is 2.13. The minimum absolute atomic E-state index is 0.116. The van der Waals surface area contributed by atoms with Crippen molar-refractivity contribution in [3.63, 3.8) is 0 Å². The molecule has 1 aromatic heterocycles. The van der Waals surface area contributed by atoms with E-state index in [9.17, 15) is 14.7 Å². The molecule has 1 fully saturated rings. The van der Waals surface area contributed by atoms with E-state index in [-0.39, 0.29) is 11.3 Å². The monoisotopic (exact) mass is 411 g/mol. The van der Waals surface area contributed by atoms with Crippen LogP contribution in [0.1, 0.15) is 29.2 Å². The largest absolute Gasteiger partial charge is 0.507 e. The fourth-order valence-electron chi connectivity index (χ4n) is 3.81. The number of benzene rings is 1. The van der Waals surface area contributed by atoms with Crippen LogP contribution in [0.25, 0.3) is 5.76 Å². The van der Waals surface area contributed by atoms with Gasteiger partial charge in [-0.05, 0) is 36.8 Å². The number of Topliss-reactive ketones (excluding diaryl/α,β-unsaturated/α-hetero) is 1. The van der Waals surface area contributed by atoms with E-state index in [1.807, 2.05) is 33.2 Å². The highest BCUT2D eigenvalue weighted by atomic mass is 16.5. The SMILES string of the molecule is COc1ccc(C(O)=C2C(=O)C(=O)N(CCC[NH+](C)C)C2c2ccc[nH+]c2)c(C)c1. The third kappa shape index (κ3) is 4.21. The maximum atomic E-state index is 13.0. The van der Waals surface area contributed by atoms with Crippen molar-refractivity contribution in [2.24, 2.45) is 0 Å². The van der Waals surface area contributed by atoms with Gasteiger partial charge in [0, 0.05) is 30.2 Å². The highest BCUT2D eigenvalue weighted by Gasteiger charge is 2.46. The number of hydrogen-bond acceptors (Lipinski definition) is 4. The highest BCUT2D eigenvalue weighted by molar-refractivity contribution is 6.46. The Balaban J connectivity index is 2.09. The van der Waals surface area contributed by atoms with Crippen molar-refractivity contribution in [2.75, 3.05) is 34.3 Å². The maximum absolute atomic E-state index is 13.0. The molecule has 1 unspecified atom stereocenters. The van der Waals surface area contributed by atoms with Gasteiger partial charge in [-0.3, -0.25) is 9.59 Å². The number of carbonyl (C=O) groups excluding carboxylic acids is 2. The number of ether oxygens (including phenoxy) is 1. The van der Waals surface area contributed by atoms with Gasteiger partial charge in [-0.2, -0.15) is 0 Å². The van der Waals surface area contributed by atoms with E-state index in [0.717, 1.165) is 24.1 Å². The molecule has 7 heteroatoms. The van der Waals surface area contributed by atoms with Crippen LogP contribution in [0.3, 0.4) is 0 Å². The van der Waals surface area contributed by atoms with Gasteiger partial charge in [0.25, 0.3) is 11.7 Å². The lowest BCUT2D eigenvalue weighted by Crippen LogP contribution is -3.05. The number of aliphatic hydroxyl groups excluding tert-OH is 1. The first kappa shape index (κ1) is 21.5. The third-order valence-electron chi connectivity index (χ3n) is 5.35. The number of aromatic nitrogens is 1. The molecular weight excluding hydrogens is 382 g/mol. The van der Waals surface area contributed by atoms with Gasteiger partial charge < -0.3 is 19.6 Å². The average Bonchev–Trinajstić information content (AvgIpc) is 2.98. The Morgan fingerprint density at radius 1 is 1.27 bits per heavy atom. The Labute approximate surface area is 176 Å². The molecule has 0 radical (unpaired) electrons. The van der Waals surface area contributed by atoms with E-state index in [4.69, 9.17) is 4.74 Å². The summed E-state index contributed by atoms with van der Waals surface area (Å²) < 4.78 is 5.23. The number of quaternary nitrogens is 1. The fraction of sp³-hybridized carbons (Fsp3) is 0.348. The normalized spacial score (nSPS) is 18.3. The van der Waals surface area contributed by atoms with E-state index < -0.39 is 17.7 Å². The molecule has 0 aliphatic carbocycles. The van der Waals surface area contributed by atoms with Crippen LogP contribution >= 0.6 is 0 Å². The predicted molar refractivity (Wildman–Crippen MR) is 112 cm³/mol. The van der Waals surface area contributed by atoms with Gasteiger partial charge in [0.2, 0.25) is 0 Å². The number of aryl methyl sites for hydroxylation is 1. The molecule has 7 nitrogen and oxygen atoms in total. The Morgan fingerprint density at radius 3 is 2.63 bits per heavy atom. The van der Waals surface area contributed by atoms with Crippen LogP contribution < -0.4 is 14.6 Å².